The molecule has 100 valence electrons. The number of carbonyl (C=O) groups is 1. The van der Waals surface area contributed by atoms with Crippen LogP contribution in [0.1, 0.15) is 41.6 Å². The van der Waals surface area contributed by atoms with Gasteiger partial charge in [0.15, 0.2) is 0 Å². The van der Waals surface area contributed by atoms with Gasteiger partial charge in [0.05, 0.1) is 5.56 Å². The standard InChI is InChI=1S/C14H20BrNO2/c1-11-7-6-8-12(13(11)17)14(18)16-10-5-3-2-4-9-15/h6-8,17H,2-5,9-10H2,1H3,(H,16,18). The van der Waals surface area contributed by atoms with Gasteiger partial charge in [0, 0.05) is 11.9 Å². The van der Waals surface area contributed by atoms with Crippen molar-refractivity contribution in [3.05, 3.63) is 29.3 Å². The molecule has 0 aromatic heterocycles. The number of hydrogen-bond acceptors (Lipinski definition) is 2. The van der Waals surface area contributed by atoms with Crippen molar-refractivity contribution in [3.63, 3.8) is 0 Å². The second-order valence-electron chi connectivity index (χ2n) is 4.33. The van der Waals surface area contributed by atoms with E-state index in [1.54, 1.807) is 25.1 Å². The van der Waals surface area contributed by atoms with Crippen LogP contribution in [-0.2, 0) is 0 Å². The largest absolute Gasteiger partial charge is 0.507 e. The Morgan fingerprint density at radius 3 is 2.72 bits per heavy atom. The van der Waals surface area contributed by atoms with Gasteiger partial charge in [0.25, 0.3) is 5.91 Å². The first-order valence-electron chi connectivity index (χ1n) is 6.29. The van der Waals surface area contributed by atoms with Crippen molar-refractivity contribution in [1.29, 1.82) is 0 Å². The molecular formula is C14H20BrNO2. The predicted molar refractivity (Wildman–Crippen MR) is 77.4 cm³/mol. The quantitative estimate of drug-likeness (QED) is 0.599. The fourth-order valence-electron chi connectivity index (χ4n) is 1.71. The molecule has 0 radical (unpaired) electrons. The van der Waals surface area contributed by atoms with Crippen LogP contribution in [0.15, 0.2) is 18.2 Å². The van der Waals surface area contributed by atoms with Crippen molar-refractivity contribution in [1.82, 2.24) is 5.32 Å². The number of carbonyl (C=O) groups excluding carboxylic acids is 1. The molecule has 0 saturated heterocycles. The van der Waals surface area contributed by atoms with Gasteiger partial charge in [-0.3, -0.25) is 4.79 Å². The summed E-state index contributed by atoms with van der Waals surface area (Å²) in [4.78, 5) is 11.8. The number of alkyl halides is 1. The summed E-state index contributed by atoms with van der Waals surface area (Å²) in [6.07, 6.45) is 4.44. The van der Waals surface area contributed by atoms with Crippen LogP contribution in [0.25, 0.3) is 0 Å². The van der Waals surface area contributed by atoms with E-state index in [0.717, 1.165) is 23.7 Å². The summed E-state index contributed by atoms with van der Waals surface area (Å²) >= 11 is 3.39. The normalized spacial score (nSPS) is 10.3. The van der Waals surface area contributed by atoms with E-state index in [2.05, 4.69) is 21.2 Å². The van der Waals surface area contributed by atoms with Gasteiger partial charge in [-0.25, -0.2) is 0 Å². The van der Waals surface area contributed by atoms with Crippen LogP contribution in [0.3, 0.4) is 0 Å². The van der Waals surface area contributed by atoms with Crippen LogP contribution in [0.5, 0.6) is 5.75 Å². The first kappa shape index (κ1) is 15.0. The smallest absolute Gasteiger partial charge is 0.255 e. The maximum atomic E-state index is 11.8. The molecule has 3 nitrogen and oxygen atoms in total. The SMILES string of the molecule is Cc1cccc(C(=O)NCCCCCCBr)c1O. The summed E-state index contributed by atoms with van der Waals surface area (Å²) < 4.78 is 0. The second-order valence-corrected chi connectivity index (χ2v) is 5.12. The molecule has 0 saturated carbocycles. The van der Waals surface area contributed by atoms with Crippen molar-refractivity contribution in [3.8, 4) is 5.75 Å². The van der Waals surface area contributed by atoms with E-state index < -0.39 is 0 Å². The number of unbranched alkanes of at least 4 members (excludes halogenated alkanes) is 3. The van der Waals surface area contributed by atoms with Crippen LogP contribution in [-0.4, -0.2) is 22.9 Å². The number of amides is 1. The maximum Gasteiger partial charge on any atom is 0.255 e. The molecule has 0 spiro atoms. The zero-order valence-corrected chi connectivity index (χ0v) is 12.3. The van der Waals surface area contributed by atoms with E-state index >= 15 is 0 Å². The van der Waals surface area contributed by atoms with Crippen molar-refractivity contribution < 1.29 is 9.90 Å². The van der Waals surface area contributed by atoms with E-state index in [1.807, 2.05) is 0 Å². The Labute approximate surface area is 117 Å². The Balaban J connectivity index is 2.35. The summed E-state index contributed by atoms with van der Waals surface area (Å²) in [6, 6.07) is 5.20. The van der Waals surface area contributed by atoms with E-state index in [4.69, 9.17) is 0 Å². The third-order valence-corrected chi connectivity index (χ3v) is 3.39. The minimum absolute atomic E-state index is 0.0780. The van der Waals surface area contributed by atoms with Crippen LogP contribution >= 0.6 is 15.9 Å². The molecule has 0 bridgehead atoms. The van der Waals surface area contributed by atoms with Crippen molar-refractivity contribution in [2.45, 2.75) is 32.6 Å². The van der Waals surface area contributed by atoms with Crippen LogP contribution < -0.4 is 5.32 Å². The molecule has 1 aromatic rings. The molecule has 2 N–H and O–H groups in total. The number of benzene rings is 1. The second kappa shape index (κ2) is 8.14. The highest BCUT2D eigenvalue weighted by atomic mass is 79.9. The molecule has 0 aliphatic carbocycles. The van der Waals surface area contributed by atoms with E-state index in [0.29, 0.717) is 12.1 Å². The number of aryl methyl sites for hydroxylation is 1. The molecular weight excluding hydrogens is 294 g/mol. The Hall–Kier alpha value is -1.03. The summed E-state index contributed by atoms with van der Waals surface area (Å²) in [7, 11) is 0. The van der Waals surface area contributed by atoms with Crippen molar-refractivity contribution in [2.24, 2.45) is 0 Å². The minimum atomic E-state index is -0.198. The Morgan fingerprint density at radius 1 is 1.28 bits per heavy atom. The minimum Gasteiger partial charge on any atom is -0.507 e. The lowest BCUT2D eigenvalue weighted by Crippen LogP contribution is -2.24. The molecule has 1 amide bonds. The first-order chi connectivity index (χ1) is 8.66. The Kier molecular flexibility index (Phi) is 6.80. The van der Waals surface area contributed by atoms with Crippen LogP contribution in [0.2, 0.25) is 0 Å². The zero-order valence-electron chi connectivity index (χ0n) is 10.7. The summed E-state index contributed by atoms with van der Waals surface area (Å²) in [5, 5.41) is 13.6. The van der Waals surface area contributed by atoms with Crippen molar-refractivity contribution >= 4 is 21.8 Å². The Morgan fingerprint density at radius 2 is 2.00 bits per heavy atom. The lowest BCUT2D eigenvalue weighted by atomic mass is 10.1. The average Bonchev–Trinajstić information content (AvgIpc) is 2.36. The van der Waals surface area contributed by atoms with E-state index in [9.17, 15) is 9.90 Å². The highest BCUT2D eigenvalue weighted by Gasteiger charge is 2.11. The molecule has 0 aliphatic heterocycles. The molecule has 0 heterocycles. The van der Waals surface area contributed by atoms with Gasteiger partial charge < -0.3 is 10.4 Å². The number of rotatable bonds is 7. The first-order valence-corrected chi connectivity index (χ1v) is 7.41. The van der Waals surface area contributed by atoms with Crippen LogP contribution in [0.4, 0.5) is 0 Å². The number of hydrogen-bond donors (Lipinski definition) is 2. The predicted octanol–water partition coefficient (Wildman–Crippen LogP) is 3.39. The van der Waals surface area contributed by atoms with Gasteiger partial charge in [-0.2, -0.15) is 0 Å². The summed E-state index contributed by atoms with van der Waals surface area (Å²) in [6.45, 7) is 2.45. The molecule has 1 rings (SSSR count). The number of phenolic OH excluding ortho intramolecular Hbond substituents is 1. The molecule has 0 atom stereocenters. The van der Waals surface area contributed by atoms with Gasteiger partial charge in [0.2, 0.25) is 0 Å². The monoisotopic (exact) mass is 313 g/mol. The number of phenols is 1. The number of para-hydroxylation sites is 1. The molecule has 1 aromatic carbocycles. The van der Waals surface area contributed by atoms with Gasteiger partial charge >= 0.3 is 0 Å². The number of aromatic hydroxyl groups is 1. The lowest BCUT2D eigenvalue weighted by Gasteiger charge is -2.08. The third-order valence-electron chi connectivity index (χ3n) is 2.83. The fourth-order valence-corrected chi connectivity index (χ4v) is 2.11. The van der Waals surface area contributed by atoms with E-state index in [-0.39, 0.29) is 11.7 Å². The summed E-state index contributed by atoms with van der Waals surface area (Å²) in [5.74, 6) is -0.119. The number of halogens is 1. The zero-order chi connectivity index (χ0) is 13.4. The number of nitrogens with one attached hydrogen (secondary N) is 1. The molecule has 0 fully saturated rings. The molecule has 0 aliphatic rings. The third kappa shape index (κ3) is 4.69. The van der Waals surface area contributed by atoms with E-state index in [1.165, 1.54) is 12.8 Å². The van der Waals surface area contributed by atoms with Gasteiger partial charge in [-0.1, -0.05) is 40.9 Å². The topological polar surface area (TPSA) is 49.3 Å². The highest BCUT2D eigenvalue weighted by Crippen LogP contribution is 2.20. The Bertz CT molecular complexity index is 393. The van der Waals surface area contributed by atoms with Gasteiger partial charge in [-0.05, 0) is 31.4 Å². The molecule has 4 heteroatoms. The van der Waals surface area contributed by atoms with Crippen molar-refractivity contribution in [2.75, 3.05) is 11.9 Å². The summed E-state index contributed by atoms with van der Waals surface area (Å²) in [5.41, 5.74) is 1.08. The lowest BCUT2D eigenvalue weighted by molar-refractivity contribution is 0.0950. The van der Waals surface area contributed by atoms with Gasteiger partial charge in [0.1, 0.15) is 5.75 Å². The highest BCUT2D eigenvalue weighted by molar-refractivity contribution is 9.09. The maximum absolute atomic E-state index is 11.8. The van der Waals surface area contributed by atoms with Gasteiger partial charge in [-0.15, -0.1) is 0 Å². The average molecular weight is 314 g/mol. The molecule has 18 heavy (non-hydrogen) atoms. The molecule has 0 unspecified atom stereocenters. The van der Waals surface area contributed by atoms with Crippen LogP contribution in [0, 0.1) is 6.92 Å². The fraction of sp³-hybridized carbons (Fsp3) is 0.500.